The number of carboxylic acids is 1. The maximum atomic E-state index is 12.8. The zero-order chi connectivity index (χ0) is 18.0. The van der Waals surface area contributed by atoms with E-state index in [9.17, 15) is 14.7 Å². The van der Waals surface area contributed by atoms with E-state index in [0.717, 1.165) is 30.2 Å². The Morgan fingerprint density at radius 2 is 2.00 bits per heavy atom. The molecule has 0 atom stereocenters. The molecule has 0 spiro atoms. The van der Waals surface area contributed by atoms with E-state index >= 15 is 0 Å². The summed E-state index contributed by atoms with van der Waals surface area (Å²) in [5.41, 5.74) is 0.319. The summed E-state index contributed by atoms with van der Waals surface area (Å²) in [5, 5.41) is 10.6. The first kappa shape index (κ1) is 17.3. The van der Waals surface area contributed by atoms with Crippen molar-refractivity contribution >= 4 is 22.8 Å². The maximum Gasteiger partial charge on any atom is 0.329 e. The van der Waals surface area contributed by atoms with Gasteiger partial charge in [-0.2, -0.15) is 0 Å². The van der Waals surface area contributed by atoms with Crippen LogP contribution in [-0.2, 0) is 16.0 Å². The monoisotopic (exact) mass is 345 g/mol. The first-order chi connectivity index (χ1) is 12.0. The number of hydrogen-bond donors (Lipinski definition) is 1. The highest BCUT2D eigenvalue weighted by Gasteiger charge is 2.45. The highest BCUT2D eigenvalue weighted by molar-refractivity contribution is 5.91. The van der Waals surface area contributed by atoms with Crippen LogP contribution in [-0.4, -0.2) is 41.6 Å². The molecule has 2 aromatic rings. The van der Waals surface area contributed by atoms with Crippen molar-refractivity contribution in [3.05, 3.63) is 30.0 Å². The Balaban J connectivity index is 1.82. The van der Waals surface area contributed by atoms with Crippen molar-refractivity contribution in [3.8, 4) is 5.75 Å². The van der Waals surface area contributed by atoms with Crippen LogP contribution in [0.3, 0.4) is 0 Å². The lowest BCUT2D eigenvalue weighted by Gasteiger charge is -2.41. The number of nitrogens with zero attached hydrogens (tertiary/aromatic N) is 1. The number of furan rings is 1. The molecule has 3 rings (SSSR count). The Kier molecular flexibility index (Phi) is 4.70. The highest BCUT2D eigenvalue weighted by Crippen LogP contribution is 2.34. The van der Waals surface area contributed by atoms with Crippen LogP contribution in [0.5, 0.6) is 5.75 Å². The molecule has 0 aliphatic heterocycles. The quantitative estimate of drug-likeness (QED) is 0.900. The molecule has 134 valence electrons. The number of aliphatic carboxylic acids is 1. The molecule has 0 radical (unpaired) electrons. The van der Waals surface area contributed by atoms with E-state index in [0.29, 0.717) is 24.2 Å². The average Bonchev–Trinajstić information content (AvgIpc) is 3.03. The fraction of sp³-hybridized carbons (Fsp3) is 0.474. The van der Waals surface area contributed by atoms with Gasteiger partial charge in [0.15, 0.2) is 0 Å². The predicted octanol–water partition coefficient (Wildman–Crippen LogP) is 3.23. The molecule has 1 aliphatic rings. The molecule has 6 nitrogen and oxygen atoms in total. The van der Waals surface area contributed by atoms with E-state index in [1.807, 2.05) is 12.1 Å². The minimum Gasteiger partial charge on any atom is -0.497 e. The van der Waals surface area contributed by atoms with Gasteiger partial charge in [0.2, 0.25) is 5.91 Å². The SMILES string of the molecule is COc1ccc2c(CC(=O)N(C)C3(C(=O)O)CCCCC3)coc2c1. The number of carbonyl (C=O) groups is 2. The number of likely N-dealkylation sites (N-methyl/N-ethyl adjacent to an activating group) is 1. The van der Waals surface area contributed by atoms with Crippen LogP contribution in [0.4, 0.5) is 0 Å². The van der Waals surface area contributed by atoms with Gasteiger partial charge in [0, 0.05) is 24.1 Å². The van der Waals surface area contributed by atoms with E-state index < -0.39 is 11.5 Å². The third-order valence-electron chi connectivity index (χ3n) is 5.30. The van der Waals surface area contributed by atoms with Crippen LogP contribution < -0.4 is 4.74 Å². The van der Waals surface area contributed by atoms with Crippen molar-refractivity contribution in [3.63, 3.8) is 0 Å². The molecule has 25 heavy (non-hydrogen) atoms. The molecule has 1 saturated carbocycles. The molecule has 1 aromatic carbocycles. The van der Waals surface area contributed by atoms with Crippen LogP contribution in [0, 0.1) is 0 Å². The number of fused-ring (bicyclic) bond motifs is 1. The number of benzene rings is 1. The Hall–Kier alpha value is -2.50. The number of hydrogen-bond acceptors (Lipinski definition) is 4. The summed E-state index contributed by atoms with van der Waals surface area (Å²) in [6.07, 6.45) is 5.37. The Bertz CT molecular complexity index is 788. The van der Waals surface area contributed by atoms with E-state index in [1.165, 1.54) is 4.90 Å². The van der Waals surface area contributed by atoms with Crippen LogP contribution in [0.2, 0.25) is 0 Å². The lowest BCUT2D eigenvalue weighted by atomic mass is 9.80. The number of carboxylic acid groups (broad SMARTS) is 1. The van der Waals surface area contributed by atoms with Gasteiger partial charge in [-0.25, -0.2) is 4.79 Å². The zero-order valence-electron chi connectivity index (χ0n) is 14.6. The topological polar surface area (TPSA) is 80.0 Å². The third kappa shape index (κ3) is 3.08. The fourth-order valence-electron chi connectivity index (χ4n) is 3.68. The van der Waals surface area contributed by atoms with Gasteiger partial charge < -0.3 is 19.2 Å². The van der Waals surface area contributed by atoms with Crippen LogP contribution >= 0.6 is 0 Å². The molecule has 1 aliphatic carbocycles. The average molecular weight is 345 g/mol. The second-order valence-electron chi connectivity index (χ2n) is 6.65. The van der Waals surface area contributed by atoms with E-state index in [2.05, 4.69) is 0 Å². The Morgan fingerprint density at radius 3 is 2.64 bits per heavy atom. The summed E-state index contributed by atoms with van der Waals surface area (Å²) in [5.74, 6) is -0.434. The zero-order valence-corrected chi connectivity index (χ0v) is 14.6. The highest BCUT2D eigenvalue weighted by atomic mass is 16.5. The molecular weight excluding hydrogens is 322 g/mol. The number of carbonyl (C=O) groups excluding carboxylic acids is 1. The van der Waals surface area contributed by atoms with Crippen molar-refractivity contribution < 1.29 is 23.8 Å². The van der Waals surface area contributed by atoms with Gasteiger partial charge in [0.1, 0.15) is 16.9 Å². The summed E-state index contributed by atoms with van der Waals surface area (Å²) < 4.78 is 10.7. The van der Waals surface area contributed by atoms with Gasteiger partial charge in [-0.1, -0.05) is 19.3 Å². The van der Waals surface area contributed by atoms with Crippen LogP contribution in [0.1, 0.15) is 37.7 Å². The first-order valence-corrected chi connectivity index (χ1v) is 8.52. The number of rotatable bonds is 5. The summed E-state index contributed by atoms with van der Waals surface area (Å²) in [7, 11) is 3.19. The molecule has 1 heterocycles. The summed E-state index contributed by atoms with van der Waals surface area (Å²) in [6.45, 7) is 0. The summed E-state index contributed by atoms with van der Waals surface area (Å²) in [6, 6.07) is 5.44. The summed E-state index contributed by atoms with van der Waals surface area (Å²) in [4.78, 5) is 26.1. The van der Waals surface area contributed by atoms with Crippen molar-refractivity contribution in [2.24, 2.45) is 0 Å². The number of methoxy groups -OCH3 is 1. The van der Waals surface area contributed by atoms with E-state index in [-0.39, 0.29) is 12.3 Å². The maximum absolute atomic E-state index is 12.8. The van der Waals surface area contributed by atoms with Gasteiger partial charge in [0.25, 0.3) is 0 Å². The summed E-state index contributed by atoms with van der Waals surface area (Å²) >= 11 is 0. The molecule has 0 unspecified atom stereocenters. The van der Waals surface area contributed by atoms with Gasteiger partial charge in [-0.05, 0) is 25.0 Å². The third-order valence-corrected chi connectivity index (χ3v) is 5.30. The largest absolute Gasteiger partial charge is 0.497 e. The molecule has 1 amide bonds. The molecule has 0 bridgehead atoms. The van der Waals surface area contributed by atoms with Gasteiger partial charge in [-0.15, -0.1) is 0 Å². The predicted molar refractivity (Wildman–Crippen MR) is 92.7 cm³/mol. The van der Waals surface area contributed by atoms with Crippen molar-refractivity contribution in [2.75, 3.05) is 14.2 Å². The lowest BCUT2D eigenvalue weighted by molar-refractivity contribution is -0.160. The molecule has 0 saturated heterocycles. The first-order valence-electron chi connectivity index (χ1n) is 8.52. The minimum absolute atomic E-state index is 0.116. The number of ether oxygens (including phenoxy) is 1. The van der Waals surface area contributed by atoms with Crippen molar-refractivity contribution in [1.29, 1.82) is 0 Å². The van der Waals surface area contributed by atoms with Crippen LogP contribution in [0.15, 0.2) is 28.9 Å². The molecule has 1 N–H and O–H groups in total. The fourth-order valence-corrected chi connectivity index (χ4v) is 3.68. The number of amides is 1. The van der Waals surface area contributed by atoms with Gasteiger partial charge in [0.05, 0.1) is 19.8 Å². The molecular formula is C19H23NO5. The molecule has 6 heteroatoms. The van der Waals surface area contributed by atoms with Crippen molar-refractivity contribution in [2.45, 2.75) is 44.1 Å². The smallest absolute Gasteiger partial charge is 0.329 e. The lowest BCUT2D eigenvalue weighted by Crippen LogP contribution is -2.56. The Morgan fingerprint density at radius 1 is 1.28 bits per heavy atom. The standard InChI is InChI=1S/C19H23NO5/c1-20(19(18(22)23)8-4-3-5-9-19)17(21)10-13-12-25-16-11-14(24-2)6-7-15(13)16/h6-7,11-12H,3-5,8-10H2,1-2H3,(H,22,23). The van der Waals surface area contributed by atoms with Gasteiger partial charge in [-0.3, -0.25) is 4.79 Å². The normalized spacial score (nSPS) is 16.6. The minimum atomic E-state index is -1.09. The van der Waals surface area contributed by atoms with Crippen molar-refractivity contribution in [1.82, 2.24) is 4.90 Å². The van der Waals surface area contributed by atoms with Crippen LogP contribution in [0.25, 0.3) is 11.0 Å². The molecule has 1 fully saturated rings. The van der Waals surface area contributed by atoms with Gasteiger partial charge >= 0.3 is 5.97 Å². The van der Waals surface area contributed by atoms with E-state index in [1.54, 1.807) is 26.5 Å². The Labute approximate surface area is 146 Å². The van der Waals surface area contributed by atoms with E-state index in [4.69, 9.17) is 9.15 Å². The molecule has 1 aromatic heterocycles. The second-order valence-corrected chi connectivity index (χ2v) is 6.65. The second kappa shape index (κ2) is 6.78.